The van der Waals surface area contributed by atoms with Crippen molar-refractivity contribution in [2.75, 3.05) is 13.2 Å². The first-order valence-corrected chi connectivity index (χ1v) is 5.79. The Balaban J connectivity index is 2.43. The van der Waals surface area contributed by atoms with E-state index in [0.29, 0.717) is 0 Å². The Morgan fingerprint density at radius 1 is 1.44 bits per heavy atom. The molecule has 0 atom stereocenters. The molecule has 0 saturated heterocycles. The van der Waals surface area contributed by atoms with Crippen LogP contribution in [0.15, 0.2) is 36.4 Å². The van der Waals surface area contributed by atoms with Gasteiger partial charge < -0.3 is 10.1 Å². The van der Waals surface area contributed by atoms with E-state index < -0.39 is 0 Å². The van der Waals surface area contributed by atoms with Gasteiger partial charge in [-0.05, 0) is 31.0 Å². The zero-order valence-electron chi connectivity index (χ0n) is 10.3. The second kappa shape index (κ2) is 7.07. The monoisotopic (exact) mass is 219 g/mol. The van der Waals surface area contributed by atoms with Crippen LogP contribution in [-0.4, -0.2) is 13.2 Å². The number of hydrogen-bond donors (Lipinski definition) is 1. The van der Waals surface area contributed by atoms with Gasteiger partial charge >= 0.3 is 0 Å². The van der Waals surface area contributed by atoms with Crippen molar-refractivity contribution in [1.29, 1.82) is 0 Å². The summed E-state index contributed by atoms with van der Waals surface area (Å²) in [6.45, 7) is 10.5. The Labute approximate surface area is 98.3 Å². The minimum absolute atomic E-state index is 0.780. The third-order valence-corrected chi connectivity index (χ3v) is 2.13. The summed E-state index contributed by atoms with van der Waals surface area (Å²) in [5.74, 6) is 0.955. The summed E-state index contributed by atoms with van der Waals surface area (Å²) in [6.07, 6.45) is 1.04. The van der Waals surface area contributed by atoms with Crippen molar-refractivity contribution in [3.8, 4) is 5.75 Å². The van der Waals surface area contributed by atoms with E-state index in [1.165, 1.54) is 5.56 Å². The predicted octanol–water partition coefficient (Wildman–Crippen LogP) is 3.14. The van der Waals surface area contributed by atoms with E-state index in [9.17, 15) is 0 Å². The first-order chi connectivity index (χ1) is 7.72. The summed E-state index contributed by atoms with van der Waals surface area (Å²) in [7, 11) is 0. The Bertz CT molecular complexity index is 333. The number of ether oxygens (including phenoxy) is 1. The van der Waals surface area contributed by atoms with E-state index in [-0.39, 0.29) is 0 Å². The standard InChI is InChI=1S/C14H21NO/c1-4-8-16-14-7-5-6-13(9-14)11-15-10-12(2)3/h5-7,9,15H,2,4,8,10-11H2,1,3H3. The van der Waals surface area contributed by atoms with Crippen LogP contribution in [0.2, 0.25) is 0 Å². The van der Waals surface area contributed by atoms with E-state index in [1.54, 1.807) is 0 Å². The molecule has 0 aromatic heterocycles. The number of hydrogen-bond acceptors (Lipinski definition) is 2. The molecule has 16 heavy (non-hydrogen) atoms. The third kappa shape index (κ3) is 4.99. The van der Waals surface area contributed by atoms with Gasteiger partial charge in [0, 0.05) is 13.1 Å². The molecular weight excluding hydrogens is 198 g/mol. The molecule has 1 N–H and O–H groups in total. The van der Waals surface area contributed by atoms with Gasteiger partial charge in [0.15, 0.2) is 0 Å². The summed E-state index contributed by atoms with van der Waals surface area (Å²) >= 11 is 0. The minimum atomic E-state index is 0.780. The second-order valence-corrected chi connectivity index (χ2v) is 4.06. The van der Waals surface area contributed by atoms with Crippen LogP contribution in [0, 0.1) is 0 Å². The lowest BCUT2D eigenvalue weighted by molar-refractivity contribution is 0.317. The molecule has 0 fully saturated rings. The highest BCUT2D eigenvalue weighted by Gasteiger charge is 1.96. The average Bonchev–Trinajstić information content (AvgIpc) is 2.26. The van der Waals surface area contributed by atoms with E-state index in [4.69, 9.17) is 4.74 Å². The van der Waals surface area contributed by atoms with Crippen molar-refractivity contribution >= 4 is 0 Å². The fourth-order valence-corrected chi connectivity index (χ4v) is 1.39. The van der Waals surface area contributed by atoms with Crippen molar-refractivity contribution < 1.29 is 4.74 Å². The largest absolute Gasteiger partial charge is 0.494 e. The quantitative estimate of drug-likeness (QED) is 0.711. The number of rotatable bonds is 7. The topological polar surface area (TPSA) is 21.3 Å². The zero-order valence-corrected chi connectivity index (χ0v) is 10.3. The van der Waals surface area contributed by atoms with Gasteiger partial charge in [-0.25, -0.2) is 0 Å². The normalized spacial score (nSPS) is 10.1. The molecular formula is C14H21NO. The molecule has 0 saturated carbocycles. The van der Waals surface area contributed by atoms with Gasteiger partial charge in [0.05, 0.1) is 6.61 Å². The maximum Gasteiger partial charge on any atom is 0.119 e. The SMILES string of the molecule is C=C(C)CNCc1cccc(OCCC)c1. The van der Waals surface area contributed by atoms with Gasteiger partial charge in [-0.2, -0.15) is 0 Å². The molecule has 0 bridgehead atoms. The highest BCUT2D eigenvalue weighted by molar-refractivity contribution is 5.28. The Morgan fingerprint density at radius 2 is 2.25 bits per heavy atom. The highest BCUT2D eigenvalue weighted by Crippen LogP contribution is 2.13. The molecule has 0 radical (unpaired) electrons. The van der Waals surface area contributed by atoms with Crippen LogP contribution in [0.1, 0.15) is 25.8 Å². The molecule has 1 aromatic rings. The molecule has 1 rings (SSSR count). The van der Waals surface area contributed by atoms with Gasteiger partial charge in [0.2, 0.25) is 0 Å². The summed E-state index contributed by atoms with van der Waals surface area (Å²) in [5, 5.41) is 3.33. The van der Waals surface area contributed by atoms with Crippen molar-refractivity contribution in [2.24, 2.45) is 0 Å². The molecule has 2 nitrogen and oxygen atoms in total. The van der Waals surface area contributed by atoms with Gasteiger partial charge in [0.1, 0.15) is 5.75 Å². The number of nitrogens with one attached hydrogen (secondary N) is 1. The summed E-state index contributed by atoms with van der Waals surface area (Å²) in [6, 6.07) is 8.21. The van der Waals surface area contributed by atoms with Gasteiger partial charge in [-0.3, -0.25) is 0 Å². The van der Waals surface area contributed by atoms with Crippen LogP contribution in [0.4, 0.5) is 0 Å². The summed E-state index contributed by atoms with van der Waals surface area (Å²) < 4.78 is 5.58. The molecule has 0 amide bonds. The fourth-order valence-electron chi connectivity index (χ4n) is 1.39. The molecule has 0 unspecified atom stereocenters. The van der Waals surface area contributed by atoms with Crippen LogP contribution in [0.25, 0.3) is 0 Å². The Morgan fingerprint density at radius 3 is 2.94 bits per heavy atom. The highest BCUT2D eigenvalue weighted by atomic mass is 16.5. The van der Waals surface area contributed by atoms with E-state index in [1.807, 2.05) is 19.1 Å². The van der Waals surface area contributed by atoms with Gasteiger partial charge in [-0.1, -0.05) is 31.2 Å². The van der Waals surface area contributed by atoms with Crippen molar-refractivity contribution in [1.82, 2.24) is 5.32 Å². The summed E-state index contributed by atoms with van der Waals surface area (Å²) in [5.41, 5.74) is 2.40. The van der Waals surface area contributed by atoms with Crippen LogP contribution in [0.3, 0.4) is 0 Å². The van der Waals surface area contributed by atoms with Crippen LogP contribution >= 0.6 is 0 Å². The van der Waals surface area contributed by atoms with E-state index >= 15 is 0 Å². The Kier molecular flexibility index (Phi) is 5.65. The third-order valence-electron chi connectivity index (χ3n) is 2.13. The molecule has 2 heteroatoms. The van der Waals surface area contributed by atoms with Crippen LogP contribution < -0.4 is 10.1 Å². The maximum absolute atomic E-state index is 5.58. The first-order valence-electron chi connectivity index (χ1n) is 5.79. The van der Waals surface area contributed by atoms with Crippen molar-refractivity contribution in [2.45, 2.75) is 26.8 Å². The first kappa shape index (κ1) is 12.8. The number of benzene rings is 1. The van der Waals surface area contributed by atoms with Crippen molar-refractivity contribution in [3.63, 3.8) is 0 Å². The minimum Gasteiger partial charge on any atom is -0.494 e. The zero-order chi connectivity index (χ0) is 11.8. The predicted molar refractivity (Wildman–Crippen MR) is 68.7 cm³/mol. The van der Waals surface area contributed by atoms with Crippen LogP contribution in [-0.2, 0) is 6.54 Å². The van der Waals surface area contributed by atoms with Crippen molar-refractivity contribution in [3.05, 3.63) is 42.0 Å². The molecule has 1 aromatic carbocycles. The van der Waals surface area contributed by atoms with E-state index in [2.05, 4.69) is 31.0 Å². The smallest absolute Gasteiger partial charge is 0.119 e. The molecule has 88 valence electrons. The average molecular weight is 219 g/mol. The maximum atomic E-state index is 5.58. The molecule has 0 aliphatic rings. The Hall–Kier alpha value is -1.28. The fraction of sp³-hybridized carbons (Fsp3) is 0.429. The van der Waals surface area contributed by atoms with Gasteiger partial charge in [0.25, 0.3) is 0 Å². The lowest BCUT2D eigenvalue weighted by Crippen LogP contribution is -2.15. The molecule has 0 aliphatic carbocycles. The van der Waals surface area contributed by atoms with Crippen LogP contribution in [0.5, 0.6) is 5.75 Å². The molecule has 0 aliphatic heterocycles. The lowest BCUT2D eigenvalue weighted by Gasteiger charge is -2.08. The van der Waals surface area contributed by atoms with Gasteiger partial charge in [-0.15, -0.1) is 0 Å². The molecule has 0 spiro atoms. The summed E-state index contributed by atoms with van der Waals surface area (Å²) in [4.78, 5) is 0. The van der Waals surface area contributed by atoms with E-state index in [0.717, 1.165) is 37.4 Å². The molecule has 0 heterocycles. The lowest BCUT2D eigenvalue weighted by atomic mass is 10.2. The second-order valence-electron chi connectivity index (χ2n) is 4.06.